The molecule has 0 amide bonds. The van der Waals surface area contributed by atoms with Gasteiger partial charge >= 0.3 is 6.18 Å². The Bertz CT molecular complexity index is 1070. The molecule has 3 aromatic rings. The summed E-state index contributed by atoms with van der Waals surface area (Å²) in [5.41, 5.74) is 0.990. The fourth-order valence-corrected chi connectivity index (χ4v) is 3.41. The summed E-state index contributed by atoms with van der Waals surface area (Å²) in [6.07, 6.45) is -4.52. The van der Waals surface area contributed by atoms with Gasteiger partial charge in [0, 0.05) is 10.6 Å². The van der Waals surface area contributed by atoms with Gasteiger partial charge in [-0.05, 0) is 50.3 Å². The number of nitrogens with zero attached hydrogens (tertiary/aromatic N) is 2. The van der Waals surface area contributed by atoms with Crippen molar-refractivity contribution in [1.82, 2.24) is 9.78 Å². The summed E-state index contributed by atoms with van der Waals surface area (Å²) >= 11 is 11.3. The standard InChI is InChI=1S/C20H17ClF4N4S/c1-11-18(12(2)29(28-11)10-13-15(21)7-5-8-16(13)22)27-19(30)26-17-9-4-3-6-14(17)20(23,24)25/h3-9H,10H2,1-2H3,(H2,26,27,30). The van der Waals surface area contributed by atoms with E-state index in [0.717, 1.165) is 6.07 Å². The number of anilines is 2. The maximum Gasteiger partial charge on any atom is 0.418 e. The highest BCUT2D eigenvalue weighted by Crippen LogP contribution is 2.34. The van der Waals surface area contributed by atoms with Gasteiger partial charge in [-0.25, -0.2) is 4.39 Å². The molecule has 0 unspecified atom stereocenters. The Kier molecular flexibility index (Phi) is 6.33. The molecule has 3 rings (SSSR count). The number of halogens is 5. The number of nitrogens with one attached hydrogen (secondary N) is 2. The highest BCUT2D eigenvalue weighted by Gasteiger charge is 2.33. The lowest BCUT2D eigenvalue weighted by Crippen LogP contribution is -2.22. The van der Waals surface area contributed by atoms with Crippen LogP contribution in [-0.2, 0) is 12.7 Å². The van der Waals surface area contributed by atoms with E-state index in [4.69, 9.17) is 23.8 Å². The fourth-order valence-electron chi connectivity index (χ4n) is 2.97. The molecule has 0 fully saturated rings. The molecule has 4 nitrogen and oxygen atoms in total. The highest BCUT2D eigenvalue weighted by molar-refractivity contribution is 7.80. The minimum Gasteiger partial charge on any atom is -0.332 e. The first kappa shape index (κ1) is 22.0. The number of aryl methyl sites for hydroxylation is 1. The van der Waals surface area contributed by atoms with Crippen LogP contribution in [0.1, 0.15) is 22.5 Å². The van der Waals surface area contributed by atoms with Crippen molar-refractivity contribution in [2.75, 3.05) is 10.6 Å². The van der Waals surface area contributed by atoms with Crippen LogP contribution in [-0.4, -0.2) is 14.9 Å². The molecule has 0 radical (unpaired) electrons. The van der Waals surface area contributed by atoms with E-state index < -0.39 is 17.6 Å². The second-order valence-electron chi connectivity index (χ2n) is 6.53. The molecule has 2 N–H and O–H groups in total. The van der Waals surface area contributed by atoms with Crippen LogP contribution in [0.4, 0.5) is 28.9 Å². The van der Waals surface area contributed by atoms with Crippen LogP contribution in [0, 0.1) is 19.7 Å². The minimum atomic E-state index is -4.52. The Balaban J connectivity index is 1.81. The van der Waals surface area contributed by atoms with E-state index in [1.807, 2.05) is 0 Å². The van der Waals surface area contributed by atoms with E-state index in [0.29, 0.717) is 17.1 Å². The third kappa shape index (κ3) is 4.73. The van der Waals surface area contributed by atoms with Gasteiger partial charge in [0.2, 0.25) is 0 Å². The topological polar surface area (TPSA) is 41.9 Å². The average molecular weight is 457 g/mol. The van der Waals surface area contributed by atoms with E-state index in [9.17, 15) is 17.6 Å². The van der Waals surface area contributed by atoms with E-state index >= 15 is 0 Å². The van der Waals surface area contributed by atoms with Gasteiger partial charge in [0.25, 0.3) is 0 Å². The molecule has 10 heteroatoms. The van der Waals surface area contributed by atoms with E-state index in [1.54, 1.807) is 24.6 Å². The Morgan fingerprint density at radius 3 is 2.47 bits per heavy atom. The minimum absolute atomic E-state index is 0.0265. The lowest BCUT2D eigenvalue weighted by atomic mass is 10.1. The SMILES string of the molecule is Cc1nn(Cc2c(F)cccc2Cl)c(C)c1NC(=S)Nc1ccccc1C(F)(F)F. The van der Waals surface area contributed by atoms with E-state index in [2.05, 4.69) is 15.7 Å². The number of thiocarbonyl (C=S) groups is 1. The molecule has 1 aromatic heterocycles. The fraction of sp³-hybridized carbons (Fsp3) is 0.200. The molecule has 0 aliphatic rings. The predicted octanol–water partition coefficient (Wildman–Crippen LogP) is 6.17. The summed E-state index contributed by atoms with van der Waals surface area (Å²) in [6.45, 7) is 3.54. The molecule has 0 bridgehead atoms. The molecule has 1 heterocycles. The number of aromatic nitrogens is 2. The Morgan fingerprint density at radius 1 is 1.10 bits per heavy atom. The molecular weight excluding hydrogens is 440 g/mol. The Labute approximate surface area is 180 Å². The maximum atomic E-state index is 14.1. The Hall–Kier alpha value is -2.65. The zero-order valence-electron chi connectivity index (χ0n) is 15.9. The van der Waals surface area contributed by atoms with Gasteiger partial charge in [0.15, 0.2) is 5.11 Å². The lowest BCUT2D eigenvalue weighted by Gasteiger charge is -2.16. The van der Waals surface area contributed by atoms with Crippen molar-refractivity contribution in [3.8, 4) is 0 Å². The third-order valence-corrected chi connectivity index (χ3v) is 5.03. The molecule has 0 atom stereocenters. The van der Waals surface area contributed by atoms with Crippen molar-refractivity contribution >= 4 is 40.3 Å². The van der Waals surface area contributed by atoms with Crippen LogP contribution in [0.15, 0.2) is 42.5 Å². The molecule has 0 aliphatic heterocycles. The maximum absolute atomic E-state index is 14.1. The number of para-hydroxylation sites is 1. The summed E-state index contributed by atoms with van der Waals surface area (Å²) in [4.78, 5) is 0. The summed E-state index contributed by atoms with van der Waals surface area (Å²) in [5.74, 6) is -0.453. The van der Waals surface area contributed by atoms with Crippen LogP contribution in [0.3, 0.4) is 0 Å². The molecule has 30 heavy (non-hydrogen) atoms. The summed E-state index contributed by atoms with van der Waals surface area (Å²) in [7, 11) is 0. The normalized spacial score (nSPS) is 11.4. The second-order valence-corrected chi connectivity index (χ2v) is 7.34. The van der Waals surface area contributed by atoms with Crippen molar-refractivity contribution in [3.05, 3.63) is 75.8 Å². The first-order valence-electron chi connectivity index (χ1n) is 8.79. The quantitative estimate of drug-likeness (QED) is 0.364. The highest BCUT2D eigenvalue weighted by atomic mass is 35.5. The molecule has 2 aromatic carbocycles. The van der Waals surface area contributed by atoms with Crippen molar-refractivity contribution in [1.29, 1.82) is 0 Å². The first-order chi connectivity index (χ1) is 14.1. The van der Waals surface area contributed by atoms with E-state index in [1.165, 1.54) is 30.3 Å². The van der Waals surface area contributed by atoms with Crippen molar-refractivity contribution < 1.29 is 17.6 Å². The number of alkyl halides is 3. The zero-order valence-corrected chi connectivity index (χ0v) is 17.5. The molecule has 0 aliphatic carbocycles. The molecule has 0 saturated heterocycles. The predicted molar refractivity (Wildman–Crippen MR) is 114 cm³/mol. The summed E-state index contributed by atoms with van der Waals surface area (Å²) in [6, 6.07) is 9.45. The lowest BCUT2D eigenvalue weighted by molar-refractivity contribution is -0.136. The molecule has 0 spiro atoms. The number of hydrogen-bond acceptors (Lipinski definition) is 2. The van der Waals surface area contributed by atoms with Crippen molar-refractivity contribution in [3.63, 3.8) is 0 Å². The summed E-state index contributed by atoms with van der Waals surface area (Å²) in [5, 5.41) is 10.1. The van der Waals surface area contributed by atoms with Crippen LogP contribution < -0.4 is 10.6 Å². The third-order valence-electron chi connectivity index (χ3n) is 4.47. The van der Waals surface area contributed by atoms with E-state index in [-0.39, 0.29) is 27.9 Å². The molecule has 0 saturated carbocycles. The Morgan fingerprint density at radius 2 is 1.80 bits per heavy atom. The van der Waals surface area contributed by atoms with Gasteiger partial charge in [-0.1, -0.05) is 29.8 Å². The second kappa shape index (κ2) is 8.61. The monoisotopic (exact) mass is 456 g/mol. The first-order valence-corrected chi connectivity index (χ1v) is 9.57. The van der Waals surface area contributed by atoms with Gasteiger partial charge < -0.3 is 10.6 Å². The average Bonchev–Trinajstić information content (AvgIpc) is 2.92. The van der Waals surface area contributed by atoms with Crippen LogP contribution in [0.5, 0.6) is 0 Å². The zero-order chi connectivity index (χ0) is 22.1. The number of rotatable bonds is 4. The van der Waals surface area contributed by atoms with Gasteiger partial charge in [0.1, 0.15) is 5.82 Å². The molecular formula is C20H17ClF4N4S. The van der Waals surface area contributed by atoms with Crippen LogP contribution >= 0.6 is 23.8 Å². The number of hydrogen-bond donors (Lipinski definition) is 2. The number of benzene rings is 2. The van der Waals surface area contributed by atoms with Gasteiger partial charge in [0.05, 0.1) is 34.9 Å². The smallest absolute Gasteiger partial charge is 0.332 e. The van der Waals surface area contributed by atoms with Crippen molar-refractivity contribution in [2.24, 2.45) is 0 Å². The van der Waals surface area contributed by atoms with Gasteiger partial charge in [-0.15, -0.1) is 0 Å². The van der Waals surface area contributed by atoms with Crippen LogP contribution in [0.2, 0.25) is 5.02 Å². The largest absolute Gasteiger partial charge is 0.418 e. The van der Waals surface area contributed by atoms with Crippen LogP contribution in [0.25, 0.3) is 0 Å². The summed E-state index contributed by atoms with van der Waals surface area (Å²) < 4.78 is 55.2. The van der Waals surface area contributed by atoms with Crippen molar-refractivity contribution in [2.45, 2.75) is 26.6 Å². The van der Waals surface area contributed by atoms with Gasteiger partial charge in [-0.2, -0.15) is 18.3 Å². The molecule has 158 valence electrons. The van der Waals surface area contributed by atoms with Gasteiger partial charge in [-0.3, -0.25) is 4.68 Å².